The van der Waals surface area contributed by atoms with Gasteiger partial charge in [-0.3, -0.25) is 9.52 Å². The van der Waals surface area contributed by atoms with Crippen molar-refractivity contribution in [2.45, 2.75) is 13.0 Å². The third-order valence-electron chi connectivity index (χ3n) is 3.27. The summed E-state index contributed by atoms with van der Waals surface area (Å²) in [6.07, 6.45) is 1.09. The standard InChI is InChI=1S/C17H19ClN2O4S/c1-12(13-3-7-15(8-4-13)20-25(2,22)23)19-17(21)11-24-16-9-5-14(18)6-10-16/h3-10,12,20H,11H2,1-2H3,(H,19,21). The van der Waals surface area contributed by atoms with Gasteiger partial charge in [-0.25, -0.2) is 8.42 Å². The number of sulfonamides is 1. The van der Waals surface area contributed by atoms with Crippen molar-refractivity contribution in [2.75, 3.05) is 17.6 Å². The Labute approximate surface area is 152 Å². The van der Waals surface area contributed by atoms with E-state index in [1.165, 1.54) is 0 Å². The van der Waals surface area contributed by atoms with Gasteiger partial charge in [0.15, 0.2) is 6.61 Å². The van der Waals surface area contributed by atoms with Gasteiger partial charge in [0.1, 0.15) is 5.75 Å². The van der Waals surface area contributed by atoms with Gasteiger partial charge in [0.25, 0.3) is 5.91 Å². The fourth-order valence-electron chi connectivity index (χ4n) is 2.10. The molecule has 0 bridgehead atoms. The van der Waals surface area contributed by atoms with Crippen molar-refractivity contribution in [1.82, 2.24) is 5.32 Å². The van der Waals surface area contributed by atoms with Gasteiger partial charge in [-0.05, 0) is 48.9 Å². The van der Waals surface area contributed by atoms with Crippen molar-refractivity contribution in [3.05, 3.63) is 59.1 Å². The third-order valence-corrected chi connectivity index (χ3v) is 4.13. The lowest BCUT2D eigenvalue weighted by molar-refractivity contribution is -0.123. The van der Waals surface area contributed by atoms with Crippen LogP contribution in [-0.2, 0) is 14.8 Å². The van der Waals surface area contributed by atoms with Gasteiger partial charge in [0, 0.05) is 10.7 Å². The Bertz CT molecular complexity index is 821. The molecule has 0 heterocycles. The van der Waals surface area contributed by atoms with Gasteiger partial charge >= 0.3 is 0 Å². The molecule has 0 saturated carbocycles. The summed E-state index contributed by atoms with van der Waals surface area (Å²) in [5.41, 5.74) is 1.31. The molecule has 1 amide bonds. The quantitative estimate of drug-likeness (QED) is 0.771. The van der Waals surface area contributed by atoms with E-state index in [-0.39, 0.29) is 18.6 Å². The van der Waals surface area contributed by atoms with Crippen LogP contribution in [0.5, 0.6) is 5.75 Å². The van der Waals surface area contributed by atoms with Gasteiger partial charge in [0.2, 0.25) is 10.0 Å². The number of benzene rings is 2. The Morgan fingerprint density at radius 2 is 1.72 bits per heavy atom. The first-order valence-corrected chi connectivity index (χ1v) is 9.75. The zero-order chi connectivity index (χ0) is 18.4. The summed E-state index contributed by atoms with van der Waals surface area (Å²) < 4.78 is 30.1. The van der Waals surface area contributed by atoms with E-state index < -0.39 is 10.0 Å². The monoisotopic (exact) mass is 382 g/mol. The smallest absolute Gasteiger partial charge is 0.258 e. The number of anilines is 1. The van der Waals surface area contributed by atoms with Crippen LogP contribution in [0.1, 0.15) is 18.5 Å². The molecule has 6 nitrogen and oxygen atoms in total. The van der Waals surface area contributed by atoms with E-state index in [4.69, 9.17) is 16.3 Å². The van der Waals surface area contributed by atoms with Crippen LogP contribution in [0.15, 0.2) is 48.5 Å². The van der Waals surface area contributed by atoms with E-state index in [1.807, 2.05) is 6.92 Å². The molecule has 2 rings (SSSR count). The normalized spacial score (nSPS) is 12.3. The highest BCUT2D eigenvalue weighted by Crippen LogP contribution is 2.17. The van der Waals surface area contributed by atoms with Crippen LogP contribution in [0, 0.1) is 0 Å². The summed E-state index contributed by atoms with van der Waals surface area (Å²) >= 11 is 5.78. The lowest BCUT2D eigenvalue weighted by atomic mass is 10.1. The Balaban J connectivity index is 1.86. The second kappa shape index (κ2) is 8.22. The van der Waals surface area contributed by atoms with Crippen LogP contribution in [-0.4, -0.2) is 27.2 Å². The van der Waals surface area contributed by atoms with Crippen LogP contribution in [0.4, 0.5) is 5.69 Å². The molecule has 1 unspecified atom stereocenters. The number of rotatable bonds is 7. The molecule has 0 spiro atoms. The van der Waals surface area contributed by atoms with Crippen molar-refractivity contribution < 1.29 is 17.9 Å². The number of hydrogen-bond acceptors (Lipinski definition) is 4. The third kappa shape index (κ3) is 6.64. The van der Waals surface area contributed by atoms with Crippen LogP contribution < -0.4 is 14.8 Å². The van der Waals surface area contributed by atoms with E-state index in [9.17, 15) is 13.2 Å². The van der Waals surface area contributed by atoms with Gasteiger partial charge in [-0.2, -0.15) is 0 Å². The molecular formula is C17H19ClN2O4S. The predicted molar refractivity (Wildman–Crippen MR) is 98.4 cm³/mol. The van der Waals surface area contributed by atoms with E-state index in [2.05, 4.69) is 10.0 Å². The van der Waals surface area contributed by atoms with Crippen molar-refractivity contribution >= 4 is 33.2 Å². The van der Waals surface area contributed by atoms with E-state index in [0.717, 1.165) is 11.8 Å². The number of ether oxygens (including phenoxy) is 1. The SMILES string of the molecule is CC(NC(=O)COc1ccc(Cl)cc1)c1ccc(NS(C)(=O)=O)cc1. The molecule has 0 saturated heterocycles. The minimum absolute atomic E-state index is 0.111. The largest absolute Gasteiger partial charge is 0.484 e. The van der Waals surface area contributed by atoms with Crippen molar-refractivity contribution in [1.29, 1.82) is 0 Å². The minimum Gasteiger partial charge on any atom is -0.484 e. The Hall–Kier alpha value is -2.25. The first kappa shape index (κ1) is 19.1. The number of amides is 1. The van der Waals surface area contributed by atoms with E-state index in [1.54, 1.807) is 48.5 Å². The molecule has 0 aliphatic carbocycles. The van der Waals surface area contributed by atoms with Gasteiger partial charge in [0.05, 0.1) is 12.3 Å². The van der Waals surface area contributed by atoms with Crippen LogP contribution in [0.3, 0.4) is 0 Å². The van der Waals surface area contributed by atoms with Gasteiger partial charge < -0.3 is 10.1 Å². The van der Waals surface area contributed by atoms with Crippen molar-refractivity contribution in [3.63, 3.8) is 0 Å². The zero-order valence-electron chi connectivity index (χ0n) is 13.8. The van der Waals surface area contributed by atoms with Crippen molar-refractivity contribution in [3.8, 4) is 5.75 Å². The highest BCUT2D eigenvalue weighted by atomic mass is 35.5. The number of carbonyl (C=O) groups is 1. The molecule has 8 heteroatoms. The number of hydrogen-bond donors (Lipinski definition) is 2. The highest BCUT2D eigenvalue weighted by molar-refractivity contribution is 7.92. The molecule has 0 radical (unpaired) electrons. The van der Waals surface area contributed by atoms with E-state index >= 15 is 0 Å². The summed E-state index contributed by atoms with van der Waals surface area (Å²) in [5, 5.41) is 3.41. The Kier molecular flexibility index (Phi) is 6.27. The topological polar surface area (TPSA) is 84.5 Å². The maximum Gasteiger partial charge on any atom is 0.258 e. The molecule has 2 N–H and O–H groups in total. The van der Waals surface area contributed by atoms with Gasteiger partial charge in [-0.1, -0.05) is 23.7 Å². The number of carbonyl (C=O) groups excluding carboxylic acids is 1. The Morgan fingerprint density at radius 3 is 2.28 bits per heavy atom. The summed E-state index contributed by atoms with van der Waals surface area (Å²) in [5.74, 6) is 0.296. The molecule has 134 valence electrons. The van der Waals surface area contributed by atoms with Crippen molar-refractivity contribution in [2.24, 2.45) is 0 Å². The molecule has 0 aromatic heterocycles. The minimum atomic E-state index is -3.31. The average molecular weight is 383 g/mol. The predicted octanol–water partition coefficient (Wildman–Crippen LogP) is 2.97. The molecule has 1 atom stereocenters. The maximum atomic E-state index is 12.0. The molecule has 2 aromatic carbocycles. The fraction of sp³-hybridized carbons (Fsp3) is 0.235. The Morgan fingerprint density at radius 1 is 1.12 bits per heavy atom. The molecule has 2 aromatic rings. The van der Waals surface area contributed by atoms with Crippen LogP contribution >= 0.6 is 11.6 Å². The number of nitrogens with one attached hydrogen (secondary N) is 2. The van der Waals surface area contributed by atoms with E-state index in [0.29, 0.717) is 16.5 Å². The second-order valence-corrected chi connectivity index (χ2v) is 7.71. The summed E-state index contributed by atoms with van der Waals surface area (Å²) in [4.78, 5) is 12.0. The molecular weight excluding hydrogens is 364 g/mol. The first-order valence-electron chi connectivity index (χ1n) is 7.48. The lowest BCUT2D eigenvalue weighted by Gasteiger charge is -2.15. The maximum absolute atomic E-state index is 12.0. The van der Waals surface area contributed by atoms with Crippen LogP contribution in [0.2, 0.25) is 5.02 Å². The highest BCUT2D eigenvalue weighted by Gasteiger charge is 2.11. The summed E-state index contributed by atoms with van der Waals surface area (Å²) in [6.45, 7) is 1.72. The molecule has 0 aliphatic rings. The fourth-order valence-corrected chi connectivity index (χ4v) is 2.79. The molecule has 25 heavy (non-hydrogen) atoms. The summed E-state index contributed by atoms with van der Waals surface area (Å²) in [7, 11) is -3.31. The molecule has 0 aliphatic heterocycles. The van der Waals surface area contributed by atoms with Crippen LogP contribution in [0.25, 0.3) is 0 Å². The summed E-state index contributed by atoms with van der Waals surface area (Å²) in [6, 6.07) is 13.3. The van der Waals surface area contributed by atoms with Gasteiger partial charge in [-0.15, -0.1) is 0 Å². The second-order valence-electron chi connectivity index (χ2n) is 5.53. The zero-order valence-corrected chi connectivity index (χ0v) is 15.4. The number of halogens is 1. The first-order chi connectivity index (χ1) is 11.7. The lowest BCUT2D eigenvalue weighted by Crippen LogP contribution is -2.31. The molecule has 0 fully saturated rings. The average Bonchev–Trinajstić information content (AvgIpc) is 2.53.